The van der Waals surface area contributed by atoms with Crippen molar-refractivity contribution in [2.75, 3.05) is 13.7 Å². The van der Waals surface area contributed by atoms with Crippen LogP contribution in [-0.4, -0.2) is 28.1 Å². The molecule has 0 atom stereocenters. The number of ether oxygens (including phenoxy) is 2. The molecule has 0 amide bonds. The van der Waals surface area contributed by atoms with Gasteiger partial charge in [-0.1, -0.05) is 30.3 Å². The Morgan fingerprint density at radius 3 is 2.52 bits per heavy atom. The van der Waals surface area contributed by atoms with Gasteiger partial charge in [0.1, 0.15) is 11.5 Å². The number of aromatic amines is 1. The molecule has 0 spiro atoms. The van der Waals surface area contributed by atoms with Crippen molar-refractivity contribution in [1.82, 2.24) is 14.3 Å². The van der Waals surface area contributed by atoms with Crippen LogP contribution in [-0.2, 0) is 20.0 Å². The van der Waals surface area contributed by atoms with E-state index in [0.717, 1.165) is 17.1 Å². The average molecular weight is 419 g/mol. The largest absolute Gasteiger partial charge is 0.497 e. The summed E-state index contributed by atoms with van der Waals surface area (Å²) in [5.74, 6) is 1.52. The number of benzene rings is 2. The van der Waals surface area contributed by atoms with E-state index in [0.29, 0.717) is 42.6 Å². The van der Waals surface area contributed by atoms with E-state index in [4.69, 9.17) is 9.47 Å². The minimum atomic E-state index is -0.156. The Morgan fingerprint density at radius 1 is 0.968 bits per heavy atom. The number of aromatic nitrogens is 3. The number of H-pyrrole nitrogens is 1. The van der Waals surface area contributed by atoms with Gasteiger partial charge in [-0.15, -0.1) is 0 Å². The second-order valence-electron chi connectivity index (χ2n) is 7.40. The zero-order valence-electron chi connectivity index (χ0n) is 17.6. The van der Waals surface area contributed by atoms with E-state index in [-0.39, 0.29) is 11.1 Å². The number of hydrogen-bond donors (Lipinski definition) is 1. The Morgan fingerprint density at radius 2 is 1.74 bits per heavy atom. The molecule has 0 aliphatic heterocycles. The highest BCUT2D eigenvalue weighted by molar-refractivity contribution is 5.80. The maximum atomic E-state index is 13.0. The summed E-state index contributed by atoms with van der Waals surface area (Å²) in [6.45, 7) is 0.841. The number of pyridine rings is 1. The maximum absolute atomic E-state index is 13.0. The molecular weight excluding hydrogens is 394 g/mol. The van der Waals surface area contributed by atoms with E-state index in [2.05, 4.69) is 5.10 Å². The monoisotopic (exact) mass is 419 g/mol. The van der Waals surface area contributed by atoms with E-state index >= 15 is 0 Å². The first-order chi connectivity index (χ1) is 15.1. The second-order valence-corrected chi connectivity index (χ2v) is 7.40. The molecule has 0 unspecified atom stereocenters. The zero-order valence-corrected chi connectivity index (χ0v) is 17.6. The molecule has 0 fully saturated rings. The number of aryl methyl sites for hydroxylation is 2. The van der Waals surface area contributed by atoms with Crippen LogP contribution in [0, 0.1) is 0 Å². The van der Waals surface area contributed by atoms with Crippen molar-refractivity contribution >= 4 is 10.9 Å². The van der Waals surface area contributed by atoms with E-state index in [1.165, 1.54) is 10.7 Å². The predicted octanol–water partition coefficient (Wildman–Crippen LogP) is 3.10. The first-order valence-corrected chi connectivity index (χ1v) is 10.2. The Bertz CT molecular complexity index is 1300. The summed E-state index contributed by atoms with van der Waals surface area (Å²) in [5, 5.41) is 3.52. The Kier molecular flexibility index (Phi) is 5.93. The standard InChI is InChI=1S/C24H25N3O4/c1-26-24(29)23-20(25-26)15-22(28)27(16-17-8-6-11-19(14-17)30-2)21(23)12-7-13-31-18-9-4-3-5-10-18/h3-6,8-11,14-15,25H,7,12-13,16H2,1-2H3. The first kappa shape index (κ1) is 20.5. The van der Waals surface area contributed by atoms with Gasteiger partial charge in [0.2, 0.25) is 0 Å². The molecule has 7 heteroatoms. The smallest absolute Gasteiger partial charge is 0.275 e. The van der Waals surface area contributed by atoms with Crippen LogP contribution < -0.4 is 20.6 Å². The van der Waals surface area contributed by atoms with E-state index < -0.39 is 0 Å². The van der Waals surface area contributed by atoms with Crippen molar-refractivity contribution in [3.8, 4) is 11.5 Å². The van der Waals surface area contributed by atoms with Crippen molar-refractivity contribution in [1.29, 1.82) is 0 Å². The second kappa shape index (κ2) is 8.95. The highest BCUT2D eigenvalue weighted by atomic mass is 16.5. The van der Waals surface area contributed by atoms with Crippen LogP contribution in [0.25, 0.3) is 10.9 Å². The molecule has 7 nitrogen and oxygen atoms in total. The van der Waals surface area contributed by atoms with Crippen LogP contribution in [0.4, 0.5) is 0 Å². The Balaban J connectivity index is 1.67. The summed E-state index contributed by atoms with van der Waals surface area (Å²) in [5.41, 5.74) is 1.89. The lowest BCUT2D eigenvalue weighted by atomic mass is 10.1. The fourth-order valence-corrected chi connectivity index (χ4v) is 3.76. The lowest BCUT2D eigenvalue weighted by Crippen LogP contribution is -2.25. The van der Waals surface area contributed by atoms with Gasteiger partial charge in [0.25, 0.3) is 11.1 Å². The van der Waals surface area contributed by atoms with Gasteiger partial charge in [0.15, 0.2) is 0 Å². The zero-order chi connectivity index (χ0) is 21.8. The molecule has 160 valence electrons. The summed E-state index contributed by atoms with van der Waals surface area (Å²) >= 11 is 0. The Labute approximate surface area is 179 Å². The molecule has 2 aromatic heterocycles. The summed E-state index contributed by atoms with van der Waals surface area (Å²) < 4.78 is 14.2. The van der Waals surface area contributed by atoms with Crippen molar-refractivity contribution in [3.63, 3.8) is 0 Å². The van der Waals surface area contributed by atoms with E-state index in [1.54, 1.807) is 18.7 Å². The van der Waals surface area contributed by atoms with Crippen molar-refractivity contribution < 1.29 is 9.47 Å². The molecule has 2 heterocycles. The maximum Gasteiger partial charge on any atom is 0.275 e. The minimum absolute atomic E-state index is 0.145. The molecule has 0 saturated carbocycles. The quantitative estimate of drug-likeness (QED) is 0.445. The van der Waals surface area contributed by atoms with Gasteiger partial charge in [-0.05, 0) is 42.7 Å². The third-order valence-corrected chi connectivity index (χ3v) is 5.27. The van der Waals surface area contributed by atoms with Crippen LogP contribution in [0.1, 0.15) is 17.7 Å². The fraction of sp³-hybridized carbons (Fsp3) is 0.250. The lowest BCUT2D eigenvalue weighted by Gasteiger charge is -2.15. The highest BCUT2D eigenvalue weighted by Crippen LogP contribution is 2.18. The van der Waals surface area contributed by atoms with Crippen LogP contribution in [0.3, 0.4) is 0 Å². The first-order valence-electron chi connectivity index (χ1n) is 10.2. The lowest BCUT2D eigenvalue weighted by molar-refractivity contribution is 0.310. The number of para-hydroxylation sites is 1. The minimum Gasteiger partial charge on any atom is -0.497 e. The molecule has 0 bridgehead atoms. The van der Waals surface area contributed by atoms with Crippen molar-refractivity contribution in [3.05, 3.63) is 92.6 Å². The number of nitrogens with zero attached hydrogens (tertiary/aromatic N) is 2. The van der Waals surface area contributed by atoms with Crippen molar-refractivity contribution in [2.24, 2.45) is 7.05 Å². The van der Waals surface area contributed by atoms with Crippen LogP contribution in [0.5, 0.6) is 11.5 Å². The molecule has 0 aliphatic rings. The average Bonchev–Trinajstić information content (AvgIpc) is 3.06. The molecule has 0 radical (unpaired) electrons. The third kappa shape index (κ3) is 4.40. The molecule has 0 aliphatic carbocycles. The summed E-state index contributed by atoms with van der Waals surface area (Å²) in [7, 11) is 3.26. The van der Waals surface area contributed by atoms with Gasteiger partial charge < -0.3 is 14.0 Å². The normalized spacial score (nSPS) is 11.0. The number of rotatable bonds is 8. The Hall–Kier alpha value is -3.74. The topological polar surface area (TPSA) is 78.2 Å². The number of nitrogens with one attached hydrogen (secondary N) is 1. The van der Waals surface area contributed by atoms with Crippen molar-refractivity contribution in [2.45, 2.75) is 19.4 Å². The molecule has 2 aromatic carbocycles. The molecule has 4 aromatic rings. The predicted molar refractivity (Wildman–Crippen MR) is 120 cm³/mol. The van der Waals surface area contributed by atoms with Gasteiger partial charge in [-0.3, -0.25) is 19.4 Å². The number of methoxy groups -OCH3 is 1. The van der Waals surface area contributed by atoms with Crippen LogP contribution >= 0.6 is 0 Å². The number of fused-ring (bicyclic) bond motifs is 1. The summed E-state index contributed by atoms with van der Waals surface area (Å²) in [6.07, 6.45) is 1.20. The van der Waals surface area contributed by atoms with Crippen LogP contribution in [0.2, 0.25) is 0 Å². The van der Waals surface area contributed by atoms with E-state index in [1.807, 2.05) is 54.6 Å². The van der Waals surface area contributed by atoms with Gasteiger partial charge in [-0.25, -0.2) is 0 Å². The highest BCUT2D eigenvalue weighted by Gasteiger charge is 2.16. The van der Waals surface area contributed by atoms with Gasteiger partial charge in [0.05, 0.1) is 31.2 Å². The molecule has 0 saturated heterocycles. The van der Waals surface area contributed by atoms with Gasteiger partial charge in [0, 0.05) is 18.8 Å². The molecule has 31 heavy (non-hydrogen) atoms. The van der Waals surface area contributed by atoms with Gasteiger partial charge in [-0.2, -0.15) is 0 Å². The summed E-state index contributed by atoms with van der Waals surface area (Å²) in [6, 6.07) is 18.7. The molecule has 1 N–H and O–H groups in total. The third-order valence-electron chi connectivity index (χ3n) is 5.27. The molecular formula is C24H25N3O4. The van der Waals surface area contributed by atoms with Crippen LogP contribution in [0.15, 0.2) is 70.3 Å². The number of hydrogen-bond acceptors (Lipinski definition) is 4. The van der Waals surface area contributed by atoms with Gasteiger partial charge >= 0.3 is 0 Å². The summed E-state index contributed by atoms with van der Waals surface area (Å²) in [4.78, 5) is 25.7. The fourth-order valence-electron chi connectivity index (χ4n) is 3.76. The SMILES string of the molecule is COc1cccc(Cn2c(CCCOc3ccccc3)c3c(=O)n(C)[nH]c3cc2=O)c1. The van der Waals surface area contributed by atoms with E-state index in [9.17, 15) is 9.59 Å². The molecule has 4 rings (SSSR count).